The van der Waals surface area contributed by atoms with Gasteiger partial charge in [-0.15, -0.1) is 10.2 Å². The Morgan fingerprint density at radius 1 is 1.29 bits per heavy atom. The van der Waals surface area contributed by atoms with Gasteiger partial charge in [-0.05, 0) is 24.4 Å². The van der Waals surface area contributed by atoms with Crippen LogP contribution < -0.4 is 11.1 Å². The largest absolute Gasteiger partial charge is 0.461 e. The zero-order valence-corrected chi connectivity index (χ0v) is 18.6. The normalized spacial score (nSPS) is 16.5. The van der Waals surface area contributed by atoms with Crippen LogP contribution in [0.2, 0.25) is 5.02 Å². The van der Waals surface area contributed by atoms with Gasteiger partial charge >= 0.3 is 12.1 Å². The van der Waals surface area contributed by atoms with Gasteiger partial charge in [0.05, 0.1) is 16.8 Å². The zero-order chi connectivity index (χ0) is 25.5. The van der Waals surface area contributed by atoms with E-state index in [0.29, 0.717) is 27.3 Å². The molecule has 8 nitrogen and oxygen atoms in total. The highest BCUT2D eigenvalue weighted by atomic mass is 35.5. The maximum atomic E-state index is 14.1. The lowest BCUT2D eigenvalue weighted by Gasteiger charge is -2.28. The van der Waals surface area contributed by atoms with Crippen molar-refractivity contribution in [3.05, 3.63) is 47.6 Å². The molecule has 0 aromatic carbocycles. The number of amidine groups is 1. The van der Waals surface area contributed by atoms with E-state index in [-0.39, 0.29) is 23.1 Å². The summed E-state index contributed by atoms with van der Waals surface area (Å²) in [6.07, 6.45) is -0.204. The van der Waals surface area contributed by atoms with E-state index in [1.165, 1.54) is 36.2 Å². The van der Waals surface area contributed by atoms with Crippen molar-refractivity contribution >= 4 is 23.3 Å². The topological polar surface area (TPSA) is 98.9 Å². The van der Waals surface area contributed by atoms with E-state index in [4.69, 9.17) is 17.3 Å². The van der Waals surface area contributed by atoms with Gasteiger partial charge < -0.3 is 15.6 Å². The van der Waals surface area contributed by atoms with E-state index in [9.17, 15) is 26.3 Å². The van der Waals surface area contributed by atoms with Crippen molar-refractivity contribution in [2.75, 3.05) is 19.0 Å². The van der Waals surface area contributed by atoms with Gasteiger partial charge in [0.15, 0.2) is 5.82 Å². The monoisotopic (exact) mass is 518 g/mol. The van der Waals surface area contributed by atoms with Crippen LogP contribution in [0.15, 0.2) is 41.8 Å². The predicted molar refractivity (Wildman–Crippen MR) is 117 cm³/mol. The van der Waals surface area contributed by atoms with Gasteiger partial charge in [-0.25, -0.2) is 9.37 Å². The molecule has 0 bridgehead atoms. The van der Waals surface area contributed by atoms with E-state index in [2.05, 4.69) is 25.5 Å². The van der Waals surface area contributed by atoms with E-state index in [1.54, 1.807) is 12.3 Å². The molecule has 4 rings (SSSR count). The van der Waals surface area contributed by atoms with E-state index in [0.717, 1.165) is 0 Å². The van der Waals surface area contributed by atoms with Crippen molar-refractivity contribution in [3.63, 3.8) is 0 Å². The van der Waals surface area contributed by atoms with Crippen LogP contribution in [0.5, 0.6) is 0 Å². The lowest BCUT2D eigenvalue weighted by molar-refractivity contribution is -0.293. The standard InChI is InChI=1S/C20H17ClF6N8/c1-29-15(2-3-28)31-16-5-12(13(21)7-30-16)10-4-14-17-32-33-18(19(23,24)20(25,26)27)35(17)11(6-22)9-34(14)8-10/h2-5,7-8,11H,6,9,28H2,1H3,(H,29,30,31)/t11-/m0/s1. The Morgan fingerprint density at radius 3 is 2.66 bits per heavy atom. The third kappa shape index (κ3) is 4.22. The Balaban J connectivity index is 1.79. The molecule has 1 aliphatic rings. The van der Waals surface area contributed by atoms with Crippen LogP contribution in [0.3, 0.4) is 0 Å². The number of aromatic nitrogens is 5. The predicted octanol–water partition coefficient (Wildman–Crippen LogP) is 4.55. The van der Waals surface area contributed by atoms with Crippen LogP contribution in [0, 0.1) is 0 Å². The molecule has 0 aliphatic carbocycles. The first-order chi connectivity index (χ1) is 16.5. The number of nitrogens with zero attached hydrogens (tertiary/aromatic N) is 6. The third-order valence-corrected chi connectivity index (χ3v) is 5.63. The fourth-order valence-corrected chi connectivity index (χ4v) is 3.91. The van der Waals surface area contributed by atoms with E-state index in [1.807, 2.05) is 0 Å². The maximum absolute atomic E-state index is 14.1. The van der Waals surface area contributed by atoms with Crippen molar-refractivity contribution in [1.29, 1.82) is 0 Å². The molecule has 186 valence electrons. The molecular formula is C20H17ClF6N8. The first-order valence-electron chi connectivity index (χ1n) is 9.96. The zero-order valence-electron chi connectivity index (χ0n) is 17.9. The Hall–Kier alpha value is -3.55. The summed E-state index contributed by atoms with van der Waals surface area (Å²) in [5.74, 6) is -6.54. The molecule has 3 aromatic heterocycles. The number of aliphatic imine (C=N–C) groups is 1. The lowest BCUT2D eigenvalue weighted by Crippen LogP contribution is -2.38. The lowest BCUT2D eigenvalue weighted by atomic mass is 10.1. The molecule has 0 spiro atoms. The van der Waals surface area contributed by atoms with Gasteiger partial charge in [0.2, 0.25) is 5.82 Å². The third-order valence-electron chi connectivity index (χ3n) is 5.33. The Bertz CT molecular complexity index is 1310. The maximum Gasteiger partial charge on any atom is 0.461 e. The number of fused-ring (bicyclic) bond motifs is 3. The fourth-order valence-electron chi connectivity index (χ4n) is 3.70. The molecule has 0 saturated carbocycles. The van der Waals surface area contributed by atoms with Gasteiger partial charge in [-0.1, -0.05) is 11.6 Å². The van der Waals surface area contributed by atoms with Crippen LogP contribution in [-0.4, -0.2) is 50.0 Å². The average molecular weight is 519 g/mol. The van der Waals surface area contributed by atoms with Crippen molar-refractivity contribution in [2.24, 2.45) is 10.7 Å². The van der Waals surface area contributed by atoms with Crippen LogP contribution >= 0.6 is 11.6 Å². The highest BCUT2D eigenvalue weighted by Gasteiger charge is 2.63. The Kier molecular flexibility index (Phi) is 6.25. The minimum absolute atomic E-state index is 0.172. The van der Waals surface area contributed by atoms with Gasteiger partial charge in [-0.3, -0.25) is 9.56 Å². The van der Waals surface area contributed by atoms with Crippen molar-refractivity contribution in [2.45, 2.75) is 24.7 Å². The van der Waals surface area contributed by atoms with Gasteiger partial charge in [0.1, 0.15) is 18.3 Å². The minimum Gasteiger partial charge on any atom is -0.404 e. The smallest absolute Gasteiger partial charge is 0.404 e. The highest BCUT2D eigenvalue weighted by Crippen LogP contribution is 2.46. The Labute approximate surface area is 199 Å². The van der Waals surface area contributed by atoms with Gasteiger partial charge in [-0.2, -0.15) is 22.0 Å². The number of nitrogens with one attached hydrogen (secondary N) is 1. The van der Waals surface area contributed by atoms with Gasteiger partial charge in [0.25, 0.3) is 0 Å². The number of pyridine rings is 1. The quantitative estimate of drug-likeness (QED) is 0.293. The van der Waals surface area contributed by atoms with Crippen LogP contribution in [0.25, 0.3) is 22.6 Å². The van der Waals surface area contributed by atoms with Gasteiger partial charge in [0, 0.05) is 37.1 Å². The number of anilines is 1. The van der Waals surface area contributed by atoms with Crippen molar-refractivity contribution in [3.8, 4) is 22.6 Å². The molecule has 0 radical (unpaired) electrons. The second-order valence-corrected chi connectivity index (χ2v) is 7.91. The number of nitrogens with two attached hydrogens (primary N) is 1. The number of hydrogen-bond acceptors (Lipinski definition) is 5. The first kappa shape index (κ1) is 24.6. The summed E-state index contributed by atoms with van der Waals surface area (Å²) in [6.45, 7) is -1.43. The van der Waals surface area contributed by atoms with Crippen LogP contribution in [0.1, 0.15) is 11.9 Å². The highest BCUT2D eigenvalue weighted by molar-refractivity contribution is 6.33. The molecule has 35 heavy (non-hydrogen) atoms. The second-order valence-electron chi connectivity index (χ2n) is 7.51. The average Bonchev–Trinajstić information content (AvgIpc) is 3.43. The summed E-state index contributed by atoms with van der Waals surface area (Å²) in [5, 5.41) is 9.81. The van der Waals surface area contributed by atoms with E-state index >= 15 is 0 Å². The molecule has 0 fully saturated rings. The second kappa shape index (κ2) is 8.91. The molecular weight excluding hydrogens is 502 g/mol. The number of alkyl halides is 6. The number of rotatable bonds is 5. The summed E-state index contributed by atoms with van der Waals surface area (Å²) >= 11 is 6.32. The molecule has 0 amide bonds. The van der Waals surface area contributed by atoms with Crippen LogP contribution in [-0.2, 0) is 12.5 Å². The molecule has 0 saturated heterocycles. The number of hydrogen-bond donors (Lipinski definition) is 2. The summed E-state index contributed by atoms with van der Waals surface area (Å²) in [6, 6.07) is 1.71. The van der Waals surface area contributed by atoms with Crippen molar-refractivity contribution in [1.82, 2.24) is 24.3 Å². The first-order valence-corrected chi connectivity index (χ1v) is 10.3. The number of halogens is 7. The van der Waals surface area contributed by atoms with Crippen molar-refractivity contribution < 1.29 is 26.3 Å². The molecule has 4 heterocycles. The molecule has 1 atom stereocenters. The molecule has 3 aromatic rings. The van der Waals surface area contributed by atoms with Crippen LogP contribution in [0.4, 0.5) is 32.2 Å². The fraction of sp³-hybridized carbons (Fsp3) is 0.300. The minimum atomic E-state index is -5.92. The Morgan fingerprint density at radius 2 is 2.03 bits per heavy atom. The molecule has 0 unspecified atom stereocenters. The summed E-state index contributed by atoms with van der Waals surface area (Å²) < 4.78 is 82.9. The summed E-state index contributed by atoms with van der Waals surface area (Å²) in [5.41, 5.74) is 6.48. The summed E-state index contributed by atoms with van der Waals surface area (Å²) in [4.78, 5) is 8.16. The molecule has 15 heteroatoms. The van der Waals surface area contributed by atoms with E-state index < -0.39 is 30.6 Å². The molecule has 1 aliphatic heterocycles. The summed E-state index contributed by atoms with van der Waals surface area (Å²) in [7, 11) is 1.54. The SMILES string of the molecule is CN=C(C=CN)Nc1cc(-c2cc3n(c2)C[C@H](CF)n2c-3nnc2C(F)(F)C(F)(F)F)c(Cl)cn1. The molecule has 3 N–H and O–H groups in total.